The minimum Gasteiger partial charge on any atom is -0.481 e. The molecule has 0 spiro atoms. The molecule has 1 saturated carbocycles. The number of benzene rings is 2. The topological polar surface area (TPSA) is 105 Å². The van der Waals surface area contributed by atoms with Gasteiger partial charge in [0.25, 0.3) is 0 Å². The molecule has 0 bridgehead atoms. The molecule has 180 valence electrons. The normalized spacial score (nSPS) is 19.5. The third kappa shape index (κ3) is 5.24. The van der Waals surface area contributed by atoms with Crippen molar-refractivity contribution < 1.29 is 24.2 Å². The summed E-state index contributed by atoms with van der Waals surface area (Å²) in [5, 5.41) is 14.5. The molecule has 0 aromatic heterocycles. The van der Waals surface area contributed by atoms with Gasteiger partial charge in [-0.05, 0) is 52.8 Å². The molecule has 2 aliphatic rings. The number of amides is 2. The molecule has 2 aliphatic carbocycles. The predicted octanol–water partition coefficient (Wildman–Crippen LogP) is 4.17. The maximum absolute atomic E-state index is 12.7. The van der Waals surface area contributed by atoms with Gasteiger partial charge in [-0.2, -0.15) is 0 Å². The Morgan fingerprint density at radius 2 is 1.56 bits per heavy atom. The Morgan fingerprint density at radius 1 is 0.971 bits per heavy atom. The highest BCUT2D eigenvalue weighted by atomic mass is 16.5. The molecule has 2 amide bonds. The maximum atomic E-state index is 12.7. The summed E-state index contributed by atoms with van der Waals surface area (Å²) < 4.78 is 5.59. The Labute approximate surface area is 199 Å². The fourth-order valence-corrected chi connectivity index (χ4v) is 5.11. The van der Waals surface area contributed by atoms with Crippen molar-refractivity contribution in [1.29, 1.82) is 0 Å². The molecular formula is C27H32N2O5. The number of hydrogen-bond donors (Lipinski definition) is 3. The summed E-state index contributed by atoms with van der Waals surface area (Å²) in [4.78, 5) is 36.1. The van der Waals surface area contributed by atoms with E-state index in [1.807, 2.05) is 38.1 Å². The zero-order valence-corrected chi connectivity index (χ0v) is 19.6. The van der Waals surface area contributed by atoms with Crippen molar-refractivity contribution >= 4 is 18.0 Å². The molecule has 1 unspecified atom stereocenters. The number of carbonyl (C=O) groups excluding carboxylic acids is 2. The van der Waals surface area contributed by atoms with Crippen LogP contribution in [0.1, 0.15) is 50.2 Å². The monoisotopic (exact) mass is 464 g/mol. The second-order valence-corrected chi connectivity index (χ2v) is 9.74. The zero-order valence-electron chi connectivity index (χ0n) is 19.6. The number of nitrogens with one attached hydrogen (secondary N) is 2. The number of carboxylic acids is 1. The number of rotatable bonds is 9. The third-order valence-electron chi connectivity index (χ3n) is 6.93. The van der Waals surface area contributed by atoms with Crippen molar-refractivity contribution in [3.8, 4) is 11.1 Å². The van der Waals surface area contributed by atoms with Gasteiger partial charge in [0, 0.05) is 18.9 Å². The Kier molecular flexibility index (Phi) is 7.20. The molecule has 0 saturated heterocycles. The van der Waals surface area contributed by atoms with Crippen LogP contribution in [0.3, 0.4) is 0 Å². The lowest BCUT2D eigenvalue weighted by molar-refractivity contribution is -0.139. The van der Waals surface area contributed by atoms with E-state index in [4.69, 9.17) is 9.84 Å². The summed E-state index contributed by atoms with van der Waals surface area (Å²) in [6.45, 7) is 4.43. The number of alkyl carbamates (subject to hydrolysis) is 1. The third-order valence-corrected chi connectivity index (χ3v) is 6.93. The standard InChI is InChI=1S/C27H32N2O5/c1-16(2)25(26(32)28-14-18-11-17(12-18)13-24(30)31)29-27(33)34-15-23-21-9-5-3-7-19(21)20-8-4-6-10-22(20)23/h3-10,16-18,23,25H,11-15H2,1-2H3,(H,28,32)(H,29,33)(H,30,31). The minimum absolute atomic E-state index is 0.0400. The second-order valence-electron chi connectivity index (χ2n) is 9.74. The van der Waals surface area contributed by atoms with E-state index >= 15 is 0 Å². The molecule has 2 aromatic carbocycles. The van der Waals surface area contributed by atoms with Crippen LogP contribution >= 0.6 is 0 Å². The highest BCUT2D eigenvalue weighted by molar-refractivity contribution is 5.86. The lowest BCUT2D eigenvalue weighted by atomic mass is 9.73. The summed E-state index contributed by atoms with van der Waals surface area (Å²) in [6, 6.07) is 15.6. The van der Waals surface area contributed by atoms with Gasteiger partial charge < -0.3 is 20.5 Å². The highest BCUT2D eigenvalue weighted by Crippen LogP contribution is 2.44. The van der Waals surface area contributed by atoms with Gasteiger partial charge in [-0.1, -0.05) is 62.4 Å². The highest BCUT2D eigenvalue weighted by Gasteiger charge is 2.33. The van der Waals surface area contributed by atoms with Gasteiger partial charge in [0.15, 0.2) is 0 Å². The van der Waals surface area contributed by atoms with Crippen LogP contribution in [0.5, 0.6) is 0 Å². The lowest BCUT2D eigenvalue weighted by Gasteiger charge is -2.35. The molecule has 1 fully saturated rings. The van der Waals surface area contributed by atoms with E-state index in [-0.39, 0.29) is 42.6 Å². The number of aliphatic carboxylic acids is 1. The van der Waals surface area contributed by atoms with Crippen molar-refractivity contribution in [3.63, 3.8) is 0 Å². The number of ether oxygens (including phenoxy) is 1. The van der Waals surface area contributed by atoms with Crippen LogP contribution in [0.2, 0.25) is 0 Å². The Hall–Kier alpha value is -3.35. The maximum Gasteiger partial charge on any atom is 0.407 e. The van der Waals surface area contributed by atoms with E-state index < -0.39 is 18.1 Å². The summed E-state index contributed by atoms with van der Waals surface area (Å²) in [5.74, 6) is -0.692. The second kappa shape index (κ2) is 10.3. The number of carbonyl (C=O) groups is 3. The van der Waals surface area contributed by atoms with Crippen molar-refractivity contribution in [3.05, 3.63) is 59.7 Å². The largest absolute Gasteiger partial charge is 0.481 e. The summed E-state index contributed by atoms with van der Waals surface area (Å²) in [5.41, 5.74) is 4.59. The van der Waals surface area contributed by atoms with Crippen LogP contribution in [0.15, 0.2) is 48.5 Å². The lowest BCUT2D eigenvalue weighted by Crippen LogP contribution is -2.51. The number of hydrogen-bond acceptors (Lipinski definition) is 4. The molecule has 34 heavy (non-hydrogen) atoms. The fourth-order valence-electron chi connectivity index (χ4n) is 5.11. The molecule has 0 radical (unpaired) electrons. The fraction of sp³-hybridized carbons (Fsp3) is 0.444. The van der Waals surface area contributed by atoms with Crippen LogP contribution in [-0.4, -0.2) is 42.3 Å². The van der Waals surface area contributed by atoms with E-state index in [0.29, 0.717) is 6.54 Å². The first-order valence-corrected chi connectivity index (χ1v) is 11.9. The first-order chi connectivity index (χ1) is 16.3. The van der Waals surface area contributed by atoms with Crippen LogP contribution in [0.4, 0.5) is 4.79 Å². The summed E-state index contributed by atoms with van der Waals surface area (Å²) >= 11 is 0. The predicted molar refractivity (Wildman–Crippen MR) is 128 cm³/mol. The molecule has 4 rings (SSSR count). The zero-order chi connectivity index (χ0) is 24.2. The Balaban J connectivity index is 1.29. The first kappa shape index (κ1) is 23.8. The van der Waals surface area contributed by atoms with E-state index in [0.717, 1.165) is 35.1 Å². The van der Waals surface area contributed by atoms with E-state index in [9.17, 15) is 14.4 Å². The molecule has 2 aromatic rings. The van der Waals surface area contributed by atoms with Gasteiger partial charge in [0.1, 0.15) is 12.6 Å². The van der Waals surface area contributed by atoms with Crippen molar-refractivity contribution in [2.45, 2.75) is 45.1 Å². The Bertz CT molecular complexity index is 1010. The molecule has 0 heterocycles. The summed E-state index contributed by atoms with van der Waals surface area (Å²) in [7, 11) is 0. The van der Waals surface area contributed by atoms with Gasteiger partial charge in [-0.25, -0.2) is 4.79 Å². The quantitative estimate of drug-likeness (QED) is 0.517. The molecule has 1 atom stereocenters. The van der Waals surface area contributed by atoms with Crippen LogP contribution in [0, 0.1) is 17.8 Å². The van der Waals surface area contributed by atoms with Crippen LogP contribution < -0.4 is 10.6 Å². The molecule has 7 nitrogen and oxygen atoms in total. The van der Waals surface area contributed by atoms with E-state index in [1.165, 1.54) is 0 Å². The number of carboxylic acid groups (broad SMARTS) is 1. The minimum atomic E-state index is -0.778. The van der Waals surface area contributed by atoms with Gasteiger partial charge in [0.05, 0.1) is 0 Å². The van der Waals surface area contributed by atoms with E-state index in [2.05, 4.69) is 34.9 Å². The molecule has 3 N–H and O–H groups in total. The smallest absolute Gasteiger partial charge is 0.407 e. The van der Waals surface area contributed by atoms with E-state index in [1.54, 1.807) is 0 Å². The van der Waals surface area contributed by atoms with Gasteiger partial charge in [-0.15, -0.1) is 0 Å². The van der Waals surface area contributed by atoms with Gasteiger partial charge in [0.2, 0.25) is 5.91 Å². The van der Waals surface area contributed by atoms with Crippen LogP contribution in [-0.2, 0) is 14.3 Å². The molecular weight excluding hydrogens is 432 g/mol. The van der Waals surface area contributed by atoms with Crippen molar-refractivity contribution in [2.75, 3.05) is 13.2 Å². The molecule has 7 heteroatoms. The van der Waals surface area contributed by atoms with Crippen molar-refractivity contribution in [2.24, 2.45) is 17.8 Å². The summed E-state index contributed by atoms with van der Waals surface area (Å²) in [6.07, 6.45) is 1.18. The molecule has 0 aliphatic heterocycles. The average molecular weight is 465 g/mol. The van der Waals surface area contributed by atoms with Gasteiger partial charge >= 0.3 is 12.1 Å². The number of fused-ring (bicyclic) bond motifs is 3. The first-order valence-electron chi connectivity index (χ1n) is 11.9. The Morgan fingerprint density at radius 3 is 2.12 bits per heavy atom. The van der Waals surface area contributed by atoms with Crippen LogP contribution in [0.25, 0.3) is 11.1 Å². The SMILES string of the molecule is CC(C)C(NC(=O)OCC1c2ccccc2-c2ccccc21)C(=O)NCC1CC(CC(=O)O)C1. The van der Waals surface area contributed by atoms with Gasteiger partial charge in [-0.3, -0.25) is 9.59 Å². The average Bonchev–Trinajstić information content (AvgIpc) is 3.10. The van der Waals surface area contributed by atoms with Crippen molar-refractivity contribution in [1.82, 2.24) is 10.6 Å².